The van der Waals surface area contributed by atoms with E-state index in [9.17, 15) is 0 Å². The van der Waals surface area contributed by atoms with Crippen molar-refractivity contribution in [3.8, 4) is 0 Å². The quantitative estimate of drug-likeness (QED) is 0.280. The van der Waals surface area contributed by atoms with E-state index in [-0.39, 0.29) is 35.5 Å². The number of hydrogen-bond acceptors (Lipinski definition) is 0. The summed E-state index contributed by atoms with van der Waals surface area (Å²) in [6, 6.07) is 0. The molecule has 0 nitrogen and oxygen atoms in total. The molecule has 0 saturated carbocycles. The Morgan fingerprint density at radius 2 is 2.40 bits per heavy atom. The molecule has 0 aromatic carbocycles. The zero-order valence-electron chi connectivity index (χ0n) is 6.09. The molecule has 0 aromatic rings. The first-order valence-corrected chi connectivity index (χ1v) is 3.04. The first kappa shape index (κ1) is 13.0. The summed E-state index contributed by atoms with van der Waals surface area (Å²) in [6.07, 6.45) is 10.9. The molecular weight excluding hydrogens is 156 g/mol. The molecule has 52 valence electrons. The van der Waals surface area contributed by atoms with Crippen molar-refractivity contribution in [2.45, 2.75) is 12.8 Å². The van der Waals surface area contributed by atoms with Gasteiger partial charge in [0.1, 0.15) is 0 Å². The molecule has 0 amide bonds. The van der Waals surface area contributed by atoms with Crippen LogP contribution in [0.5, 0.6) is 0 Å². The first-order chi connectivity index (χ1) is 3.93. The molecule has 2 heteroatoms. The maximum absolute atomic E-state index is 3.68. The molecule has 0 spiro atoms. The molecule has 1 aliphatic rings. The SMILES string of the molecule is C=CCC1[CH-]C=CC1.[Cl-].[Mg+2]. The molecule has 0 radical (unpaired) electrons. The minimum atomic E-state index is 0. The normalized spacial score (nSPS) is 20.2. The summed E-state index contributed by atoms with van der Waals surface area (Å²) in [4.78, 5) is 0. The second-order valence-corrected chi connectivity index (χ2v) is 2.14. The molecule has 10 heavy (non-hydrogen) atoms. The van der Waals surface area contributed by atoms with Crippen molar-refractivity contribution in [1.82, 2.24) is 0 Å². The van der Waals surface area contributed by atoms with Crippen molar-refractivity contribution in [2.75, 3.05) is 0 Å². The van der Waals surface area contributed by atoms with E-state index in [0.717, 1.165) is 12.3 Å². The van der Waals surface area contributed by atoms with Crippen molar-refractivity contribution in [2.24, 2.45) is 5.92 Å². The Hall–Kier alpha value is 0.406. The number of halogens is 1. The zero-order valence-corrected chi connectivity index (χ0v) is 8.26. The zero-order chi connectivity index (χ0) is 5.82. The van der Waals surface area contributed by atoms with E-state index in [1.54, 1.807) is 0 Å². The monoisotopic (exact) mass is 166 g/mol. The predicted octanol–water partition coefficient (Wildman–Crippen LogP) is -1.03. The Morgan fingerprint density at radius 1 is 1.70 bits per heavy atom. The Kier molecular flexibility index (Phi) is 9.79. The van der Waals surface area contributed by atoms with Gasteiger partial charge in [-0.15, -0.1) is 13.0 Å². The topological polar surface area (TPSA) is 0 Å². The minimum absolute atomic E-state index is 0. The second-order valence-electron chi connectivity index (χ2n) is 2.14. The van der Waals surface area contributed by atoms with Crippen LogP contribution >= 0.6 is 0 Å². The second kappa shape index (κ2) is 7.51. The molecule has 0 bridgehead atoms. The summed E-state index contributed by atoms with van der Waals surface area (Å²) in [7, 11) is 0. The summed E-state index contributed by atoms with van der Waals surface area (Å²) >= 11 is 0. The van der Waals surface area contributed by atoms with E-state index < -0.39 is 0 Å². The average molecular weight is 167 g/mol. The standard InChI is InChI=1S/C8H11.ClH.Mg/c1-2-5-8-6-3-4-7-8;;/h2-4,6,8H,1,5,7H2;1H;/q-1;;+2/p-1. The fourth-order valence-electron chi connectivity index (χ4n) is 0.956. The maximum atomic E-state index is 3.68. The van der Waals surface area contributed by atoms with Gasteiger partial charge >= 0.3 is 23.1 Å². The van der Waals surface area contributed by atoms with Gasteiger partial charge < -0.3 is 12.4 Å². The van der Waals surface area contributed by atoms with Crippen molar-refractivity contribution >= 4 is 23.1 Å². The molecule has 0 aliphatic heterocycles. The Labute approximate surface area is 85.3 Å². The molecule has 1 rings (SSSR count). The average Bonchev–Trinajstić information content (AvgIpc) is 2.19. The molecule has 0 N–H and O–H groups in total. The van der Waals surface area contributed by atoms with Crippen LogP contribution in [0.4, 0.5) is 0 Å². The van der Waals surface area contributed by atoms with Crippen LogP contribution in [0.2, 0.25) is 0 Å². The first-order valence-electron chi connectivity index (χ1n) is 3.04. The Bertz CT molecular complexity index is 102. The number of hydrogen-bond donors (Lipinski definition) is 0. The van der Waals surface area contributed by atoms with Gasteiger partial charge in [0.15, 0.2) is 0 Å². The fourth-order valence-corrected chi connectivity index (χ4v) is 0.956. The van der Waals surface area contributed by atoms with Gasteiger partial charge in [-0.05, 0) is 6.42 Å². The van der Waals surface area contributed by atoms with Gasteiger partial charge in [-0.1, -0.05) is 12.0 Å². The molecule has 1 atom stereocenters. The van der Waals surface area contributed by atoms with Crippen LogP contribution in [0, 0.1) is 12.3 Å². The summed E-state index contributed by atoms with van der Waals surface area (Å²) in [5.41, 5.74) is 0. The third-order valence-electron chi connectivity index (χ3n) is 1.43. The summed E-state index contributed by atoms with van der Waals surface area (Å²) < 4.78 is 0. The number of rotatable bonds is 2. The van der Waals surface area contributed by atoms with Crippen LogP contribution in [-0.4, -0.2) is 23.1 Å². The predicted molar refractivity (Wildman–Crippen MR) is 42.1 cm³/mol. The Morgan fingerprint density at radius 3 is 2.80 bits per heavy atom. The van der Waals surface area contributed by atoms with E-state index in [4.69, 9.17) is 0 Å². The van der Waals surface area contributed by atoms with Crippen LogP contribution in [-0.2, 0) is 0 Å². The van der Waals surface area contributed by atoms with Gasteiger partial charge in [-0.25, -0.2) is 18.6 Å². The smallest absolute Gasteiger partial charge is 1.00 e. The molecule has 1 aliphatic carbocycles. The van der Waals surface area contributed by atoms with E-state index >= 15 is 0 Å². The van der Waals surface area contributed by atoms with E-state index in [1.165, 1.54) is 6.42 Å². The summed E-state index contributed by atoms with van der Waals surface area (Å²) in [5.74, 6) is 0.757. The summed E-state index contributed by atoms with van der Waals surface area (Å²) in [5, 5.41) is 0. The van der Waals surface area contributed by atoms with Crippen molar-refractivity contribution in [3.05, 3.63) is 31.2 Å². The van der Waals surface area contributed by atoms with Crippen molar-refractivity contribution < 1.29 is 12.4 Å². The summed E-state index contributed by atoms with van der Waals surface area (Å²) in [6.45, 7) is 3.68. The van der Waals surface area contributed by atoms with Gasteiger partial charge in [0.2, 0.25) is 0 Å². The van der Waals surface area contributed by atoms with E-state index in [0.29, 0.717) is 0 Å². The Balaban J connectivity index is 0. The molecule has 0 fully saturated rings. The van der Waals surface area contributed by atoms with E-state index in [1.807, 2.05) is 6.08 Å². The van der Waals surface area contributed by atoms with Crippen LogP contribution in [0.15, 0.2) is 24.8 Å². The van der Waals surface area contributed by atoms with E-state index in [2.05, 4.69) is 25.2 Å². The third-order valence-corrected chi connectivity index (χ3v) is 1.43. The van der Waals surface area contributed by atoms with Gasteiger partial charge in [0.25, 0.3) is 0 Å². The minimum Gasteiger partial charge on any atom is -1.00 e. The van der Waals surface area contributed by atoms with Crippen LogP contribution < -0.4 is 12.4 Å². The largest absolute Gasteiger partial charge is 2.00 e. The van der Waals surface area contributed by atoms with Crippen LogP contribution in [0.25, 0.3) is 0 Å². The van der Waals surface area contributed by atoms with Crippen molar-refractivity contribution in [1.29, 1.82) is 0 Å². The van der Waals surface area contributed by atoms with Crippen LogP contribution in [0.1, 0.15) is 12.8 Å². The molecule has 0 aromatic heterocycles. The number of allylic oxidation sites excluding steroid dienone is 3. The van der Waals surface area contributed by atoms with Crippen LogP contribution in [0.3, 0.4) is 0 Å². The molecule has 0 saturated heterocycles. The molecular formula is C8H11ClMg. The molecule has 1 unspecified atom stereocenters. The van der Waals surface area contributed by atoms with Crippen molar-refractivity contribution in [3.63, 3.8) is 0 Å². The fraction of sp³-hybridized carbons (Fsp3) is 0.375. The third kappa shape index (κ3) is 4.26. The maximum Gasteiger partial charge on any atom is 2.00 e. The molecule has 0 heterocycles. The van der Waals surface area contributed by atoms with Gasteiger partial charge in [-0.2, -0.15) is 0 Å². The van der Waals surface area contributed by atoms with Gasteiger partial charge in [0, 0.05) is 0 Å². The van der Waals surface area contributed by atoms with Gasteiger partial charge in [0.05, 0.1) is 0 Å². The van der Waals surface area contributed by atoms with Gasteiger partial charge in [-0.3, -0.25) is 0 Å².